The zero-order valence-corrected chi connectivity index (χ0v) is 11.3. The van der Waals surface area contributed by atoms with Crippen molar-refractivity contribution in [2.24, 2.45) is 0 Å². The summed E-state index contributed by atoms with van der Waals surface area (Å²) in [6.45, 7) is 4.03. The van der Waals surface area contributed by atoms with E-state index in [1.807, 2.05) is 36.7 Å². The molecule has 3 nitrogen and oxygen atoms in total. The van der Waals surface area contributed by atoms with Crippen molar-refractivity contribution in [3.05, 3.63) is 45.7 Å². The van der Waals surface area contributed by atoms with Gasteiger partial charge in [-0.05, 0) is 53.5 Å². The maximum absolute atomic E-state index is 8.67. The Morgan fingerprint density at radius 1 is 1.35 bits per heavy atom. The Balaban J connectivity index is 2.49. The summed E-state index contributed by atoms with van der Waals surface area (Å²) in [7, 11) is 0. The molecule has 0 atom stereocenters. The van der Waals surface area contributed by atoms with Gasteiger partial charge in [0.1, 0.15) is 0 Å². The van der Waals surface area contributed by atoms with Gasteiger partial charge in [0.05, 0.1) is 23.9 Å². The first-order valence-corrected chi connectivity index (χ1v) is 6.10. The minimum atomic E-state index is 0.345. The number of hydrogen-bond acceptors (Lipinski definition) is 2. The fourth-order valence-electron chi connectivity index (χ4n) is 1.73. The van der Waals surface area contributed by atoms with Crippen LogP contribution in [-0.2, 0) is 6.42 Å². The molecule has 0 N–H and O–H groups in total. The molecule has 0 aliphatic carbocycles. The molecule has 2 aromatic rings. The monoisotopic (exact) mass is 289 g/mol. The van der Waals surface area contributed by atoms with Gasteiger partial charge in [0.15, 0.2) is 0 Å². The number of nitriles is 1. The van der Waals surface area contributed by atoms with Gasteiger partial charge < -0.3 is 0 Å². The van der Waals surface area contributed by atoms with E-state index >= 15 is 0 Å². The number of nitrogens with zero attached hydrogens (tertiary/aromatic N) is 3. The Hall–Kier alpha value is -1.60. The second-order valence-electron chi connectivity index (χ2n) is 3.98. The van der Waals surface area contributed by atoms with Gasteiger partial charge in [-0.15, -0.1) is 0 Å². The van der Waals surface area contributed by atoms with Crippen LogP contribution >= 0.6 is 15.9 Å². The minimum Gasteiger partial charge on any atom is -0.237 e. The van der Waals surface area contributed by atoms with Crippen LogP contribution in [0.3, 0.4) is 0 Å². The summed E-state index contributed by atoms with van der Waals surface area (Å²) in [6, 6.07) is 10.2. The summed E-state index contributed by atoms with van der Waals surface area (Å²) in [6.07, 6.45) is 0.345. The quantitative estimate of drug-likeness (QED) is 0.851. The molecule has 0 saturated carbocycles. The van der Waals surface area contributed by atoms with Crippen molar-refractivity contribution < 1.29 is 0 Å². The first-order chi connectivity index (χ1) is 8.11. The zero-order valence-electron chi connectivity index (χ0n) is 9.74. The SMILES string of the molecule is Cc1ccc(-n2nc(CC#N)cc2C)c(Br)c1. The second-order valence-corrected chi connectivity index (χ2v) is 4.83. The fourth-order valence-corrected chi connectivity index (χ4v) is 2.39. The lowest BCUT2D eigenvalue weighted by molar-refractivity contribution is 0.822. The predicted octanol–water partition coefficient (Wildman–Crippen LogP) is 3.32. The third-order valence-electron chi connectivity index (χ3n) is 2.53. The summed E-state index contributed by atoms with van der Waals surface area (Å²) in [5.74, 6) is 0. The Morgan fingerprint density at radius 2 is 2.12 bits per heavy atom. The van der Waals surface area contributed by atoms with Crippen molar-refractivity contribution in [3.63, 3.8) is 0 Å². The van der Waals surface area contributed by atoms with Gasteiger partial charge in [0, 0.05) is 10.2 Å². The molecule has 2 rings (SSSR count). The molecule has 0 aliphatic rings. The average molecular weight is 290 g/mol. The van der Waals surface area contributed by atoms with Gasteiger partial charge >= 0.3 is 0 Å². The van der Waals surface area contributed by atoms with Crippen LogP contribution in [0.1, 0.15) is 17.0 Å². The van der Waals surface area contributed by atoms with E-state index in [1.165, 1.54) is 5.56 Å². The van der Waals surface area contributed by atoms with E-state index in [-0.39, 0.29) is 0 Å². The molecule has 1 heterocycles. The van der Waals surface area contributed by atoms with E-state index in [2.05, 4.69) is 33.2 Å². The van der Waals surface area contributed by atoms with Crippen molar-refractivity contribution in [1.82, 2.24) is 9.78 Å². The largest absolute Gasteiger partial charge is 0.237 e. The Labute approximate surface area is 109 Å². The molecular weight excluding hydrogens is 278 g/mol. The molecule has 4 heteroatoms. The highest BCUT2D eigenvalue weighted by Crippen LogP contribution is 2.23. The maximum Gasteiger partial charge on any atom is 0.0793 e. The molecule has 0 bridgehead atoms. The van der Waals surface area contributed by atoms with Gasteiger partial charge in [0.2, 0.25) is 0 Å². The molecular formula is C13H12BrN3. The van der Waals surface area contributed by atoms with Gasteiger partial charge in [0.25, 0.3) is 0 Å². The summed E-state index contributed by atoms with van der Waals surface area (Å²) in [5.41, 5.74) is 4.03. The van der Waals surface area contributed by atoms with Crippen LogP contribution < -0.4 is 0 Å². The number of aryl methyl sites for hydroxylation is 2. The number of halogens is 1. The lowest BCUT2D eigenvalue weighted by Crippen LogP contribution is -2.00. The van der Waals surface area contributed by atoms with Crippen molar-refractivity contribution in [1.29, 1.82) is 5.26 Å². The standard InChI is InChI=1S/C13H12BrN3/c1-9-3-4-13(12(14)7-9)17-10(2)8-11(16-17)5-6-15/h3-4,7-8H,5H2,1-2H3. The lowest BCUT2D eigenvalue weighted by atomic mass is 10.2. The normalized spacial score (nSPS) is 10.2. The van der Waals surface area contributed by atoms with Crippen molar-refractivity contribution in [2.45, 2.75) is 20.3 Å². The number of benzene rings is 1. The van der Waals surface area contributed by atoms with E-state index in [1.54, 1.807) is 0 Å². The predicted molar refractivity (Wildman–Crippen MR) is 70.1 cm³/mol. The highest BCUT2D eigenvalue weighted by Gasteiger charge is 2.08. The summed E-state index contributed by atoms with van der Waals surface area (Å²) in [5, 5.41) is 13.1. The van der Waals surface area contributed by atoms with Crippen LogP contribution in [0.5, 0.6) is 0 Å². The number of aromatic nitrogens is 2. The minimum absolute atomic E-state index is 0.345. The Kier molecular flexibility index (Phi) is 3.30. The van der Waals surface area contributed by atoms with E-state index in [9.17, 15) is 0 Å². The van der Waals surface area contributed by atoms with Crippen LogP contribution in [0.4, 0.5) is 0 Å². The van der Waals surface area contributed by atoms with Gasteiger partial charge in [-0.1, -0.05) is 6.07 Å². The van der Waals surface area contributed by atoms with E-state index in [0.29, 0.717) is 6.42 Å². The highest BCUT2D eigenvalue weighted by molar-refractivity contribution is 9.10. The lowest BCUT2D eigenvalue weighted by Gasteiger charge is -2.07. The third-order valence-corrected chi connectivity index (χ3v) is 3.16. The molecule has 1 aromatic carbocycles. The zero-order chi connectivity index (χ0) is 12.4. The number of rotatable bonds is 2. The van der Waals surface area contributed by atoms with Crippen molar-refractivity contribution in [3.8, 4) is 11.8 Å². The maximum atomic E-state index is 8.67. The van der Waals surface area contributed by atoms with Crippen LogP contribution in [0.2, 0.25) is 0 Å². The summed E-state index contributed by atoms with van der Waals surface area (Å²) >= 11 is 3.54. The molecule has 0 unspecified atom stereocenters. The number of hydrogen-bond donors (Lipinski definition) is 0. The topological polar surface area (TPSA) is 41.6 Å². The molecule has 0 radical (unpaired) electrons. The van der Waals surface area contributed by atoms with Crippen LogP contribution in [-0.4, -0.2) is 9.78 Å². The van der Waals surface area contributed by atoms with Gasteiger partial charge in [-0.2, -0.15) is 10.4 Å². The first-order valence-electron chi connectivity index (χ1n) is 5.31. The van der Waals surface area contributed by atoms with Crippen molar-refractivity contribution >= 4 is 15.9 Å². The average Bonchev–Trinajstić information content (AvgIpc) is 2.60. The summed E-state index contributed by atoms with van der Waals surface area (Å²) < 4.78 is 2.86. The van der Waals surface area contributed by atoms with E-state index < -0.39 is 0 Å². The van der Waals surface area contributed by atoms with Gasteiger partial charge in [-0.3, -0.25) is 0 Å². The van der Waals surface area contributed by atoms with Crippen LogP contribution in [0.15, 0.2) is 28.7 Å². The molecule has 0 fully saturated rings. The molecule has 17 heavy (non-hydrogen) atoms. The van der Waals surface area contributed by atoms with E-state index in [4.69, 9.17) is 5.26 Å². The summed E-state index contributed by atoms with van der Waals surface area (Å²) in [4.78, 5) is 0. The van der Waals surface area contributed by atoms with E-state index in [0.717, 1.165) is 21.5 Å². The Morgan fingerprint density at radius 3 is 2.76 bits per heavy atom. The molecule has 0 saturated heterocycles. The molecule has 0 spiro atoms. The van der Waals surface area contributed by atoms with Crippen molar-refractivity contribution in [2.75, 3.05) is 0 Å². The highest BCUT2D eigenvalue weighted by atomic mass is 79.9. The van der Waals surface area contributed by atoms with Crippen LogP contribution in [0.25, 0.3) is 5.69 Å². The van der Waals surface area contributed by atoms with Crippen LogP contribution in [0, 0.1) is 25.2 Å². The smallest absolute Gasteiger partial charge is 0.0793 e. The Bertz CT molecular complexity index is 593. The molecule has 1 aromatic heterocycles. The first kappa shape index (κ1) is 11.9. The fraction of sp³-hybridized carbons (Fsp3) is 0.231. The third kappa shape index (κ3) is 2.40. The van der Waals surface area contributed by atoms with Gasteiger partial charge in [-0.25, -0.2) is 4.68 Å². The molecule has 0 aliphatic heterocycles. The molecule has 0 amide bonds. The second kappa shape index (κ2) is 4.72. The molecule has 86 valence electrons.